The smallest absolute Gasteiger partial charge is 0.307 e. The second kappa shape index (κ2) is 5.66. The molecule has 5 heteroatoms. The second-order valence-corrected chi connectivity index (χ2v) is 4.71. The Morgan fingerprint density at radius 2 is 1.81 bits per heavy atom. The van der Waals surface area contributed by atoms with Gasteiger partial charge >= 0.3 is 5.97 Å². The predicted molar refractivity (Wildman–Crippen MR) is 76.6 cm³/mol. The van der Waals surface area contributed by atoms with Gasteiger partial charge in [0.2, 0.25) is 0 Å². The Morgan fingerprint density at radius 3 is 2.43 bits per heavy atom. The number of carboxylic acid groups (broad SMARTS) is 1. The molecule has 0 radical (unpaired) electrons. The van der Waals surface area contributed by atoms with E-state index in [4.69, 9.17) is 5.11 Å². The minimum atomic E-state index is -1.08. The van der Waals surface area contributed by atoms with Crippen molar-refractivity contribution in [2.75, 3.05) is 0 Å². The molecule has 2 aromatic rings. The third kappa shape index (κ3) is 3.20. The van der Waals surface area contributed by atoms with Crippen LogP contribution >= 0.6 is 0 Å². The molecule has 0 saturated heterocycles. The van der Waals surface area contributed by atoms with Gasteiger partial charge < -0.3 is 15.3 Å². The molecule has 108 valence electrons. The highest BCUT2D eigenvalue weighted by atomic mass is 16.4. The zero-order chi connectivity index (χ0) is 15.6. The molecule has 3 N–H and O–H groups in total. The number of carboxylic acids is 1. The van der Waals surface area contributed by atoms with Crippen LogP contribution in [0.4, 0.5) is 0 Å². The number of benzene rings is 2. The lowest BCUT2D eigenvalue weighted by Crippen LogP contribution is -2.02. The van der Waals surface area contributed by atoms with Gasteiger partial charge in [0.25, 0.3) is 0 Å². The minimum absolute atomic E-state index is 0.130. The highest BCUT2D eigenvalue weighted by molar-refractivity contribution is 5.95. The van der Waals surface area contributed by atoms with E-state index in [9.17, 15) is 19.8 Å². The Hall–Kier alpha value is -2.82. The van der Waals surface area contributed by atoms with Crippen LogP contribution < -0.4 is 0 Å². The van der Waals surface area contributed by atoms with Gasteiger partial charge in [0.1, 0.15) is 11.5 Å². The Balaban J connectivity index is 2.64. The first kappa shape index (κ1) is 14.6. The van der Waals surface area contributed by atoms with Crippen LogP contribution in [0.5, 0.6) is 11.5 Å². The molecular formula is C16H14O5. The van der Waals surface area contributed by atoms with E-state index in [1.165, 1.54) is 13.0 Å². The zero-order valence-corrected chi connectivity index (χ0v) is 11.3. The molecule has 0 atom stereocenters. The quantitative estimate of drug-likeness (QED) is 0.751. The first-order valence-corrected chi connectivity index (χ1v) is 6.26. The fraction of sp³-hybridized carbons (Fsp3) is 0.125. The fourth-order valence-electron chi connectivity index (χ4n) is 2.20. The van der Waals surface area contributed by atoms with Crippen LogP contribution in [-0.2, 0) is 11.2 Å². The summed E-state index contributed by atoms with van der Waals surface area (Å²) in [6.45, 7) is 1.42. The monoisotopic (exact) mass is 286 g/mol. The van der Waals surface area contributed by atoms with Crippen molar-refractivity contribution in [2.24, 2.45) is 0 Å². The van der Waals surface area contributed by atoms with Crippen molar-refractivity contribution in [2.45, 2.75) is 13.3 Å². The van der Waals surface area contributed by atoms with E-state index in [1.54, 1.807) is 24.3 Å². The topological polar surface area (TPSA) is 94.8 Å². The van der Waals surface area contributed by atoms with Crippen LogP contribution in [0.1, 0.15) is 22.8 Å². The van der Waals surface area contributed by atoms with Gasteiger partial charge in [-0.25, -0.2) is 0 Å². The van der Waals surface area contributed by atoms with Crippen molar-refractivity contribution in [3.8, 4) is 22.6 Å². The van der Waals surface area contributed by atoms with Crippen LogP contribution in [0.25, 0.3) is 11.1 Å². The maximum Gasteiger partial charge on any atom is 0.307 e. The number of ketones is 1. The Morgan fingerprint density at radius 1 is 1.10 bits per heavy atom. The maximum absolute atomic E-state index is 11.4. The Kier molecular flexibility index (Phi) is 3.93. The number of carbonyl (C=O) groups excluding carboxylic acids is 1. The van der Waals surface area contributed by atoms with Crippen molar-refractivity contribution in [3.05, 3.63) is 47.5 Å². The van der Waals surface area contributed by atoms with Crippen LogP contribution in [0.3, 0.4) is 0 Å². The molecule has 0 aliphatic carbocycles. The first-order valence-electron chi connectivity index (χ1n) is 6.26. The maximum atomic E-state index is 11.4. The fourth-order valence-corrected chi connectivity index (χ4v) is 2.20. The van der Waals surface area contributed by atoms with Crippen molar-refractivity contribution >= 4 is 11.8 Å². The normalized spacial score (nSPS) is 10.3. The van der Waals surface area contributed by atoms with Gasteiger partial charge in [-0.1, -0.05) is 18.2 Å². The predicted octanol–water partition coefficient (Wildman–Crippen LogP) is 2.59. The minimum Gasteiger partial charge on any atom is -0.508 e. The van der Waals surface area contributed by atoms with Gasteiger partial charge in [-0.3, -0.25) is 9.59 Å². The summed E-state index contributed by atoms with van der Waals surface area (Å²) >= 11 is 0. The summed E-state index contributed by atoms with van der Waals surface area (Å²) in [5.74, 6) is -1.65. The molecule has 0 unspecified atom stereocenters. The van der Waals surface area contributed by atoms with Crippen molar-refractivity contribution < 1.29 is 24.9 Å². The van der Waals surface area contributed by atoms with Crippen LogP contribution in [0.15, 0.2) is 36.4 Å². The Labute approximate surface area is 121 Å². The van der Waals surface area contributed by atoms with Gasteiger partial charge in [-0.05, 0) is 30.2 Å². The number of aromatic hydroxyl groups is 2. The molecule has 0 aromatic heterocycles. The van der Waals surface area contributed by atoms with Gasteiger partial charge in [0.15, 0.2) is 5.78 Å². The third-order valence-corrected chi connectivity index (χ3v) is 3.08. The molecule has 2 rings (SSSR count). The molecule has 0 heterocycles. The lowest BCUT2D eigenvalue weighted by molar-refractivity contribution is -0.136. The number of hydrogen-bond donors (Lipinski definition) is 3. The standard InChI is InChI=1S/C16H14O5/c1-9(17)10-3-2-4-11(5-10)16-12(7-15(20)21)6-13(18)8-14(16)19/h2-6,8,18-19H,7H2,1H3,(H,20,21). The van der Waals surface area contributed by atoms with Crippen molar-refractivity contribution in [1.82, 2.24) is 0 Å². The molecule has 0 aliphatic heterocycles. The summed E-state index contributed by atoms with van der Waals surface area (Å²) in [4.78, 5) is 22.4. The molecule has 0 bridgehead atoms. The van der Waals surface area contributed by atoms with E-state index in [2.05, 4.69) is 0 Å². The van der Waals surface area contributed by atoms with Gasteiger partial charge in [0, 0.05) is 17.2 Å². The summed E-state index contributed by atoms with van der Waals surface area (Å²) < 4.78 is 0. The number of Topliss-reactive ketones (excluding diaryl/α,β-unsaturated/α-hetero) is 1. The summed E-state index contributed by atoms with van der Waals surface area (Å²) in [5, 5.41) is 28.5. The zero-order valence-electron chi connectivity index (χ0n) is 11.3. The van der Waals surface area contributed by atoms with E-state index in [0.717, 1.165) is 6.07 Å². The van der Waals surface area contributed by atoms with E-state index >= 15 is 0 Å². The van der Waals surface area contributed by atoms with Gasteiger partial charge in [0.05, 0.1) is 6.42 Å². The average Bonchev–Trinajstić information content (AvgIpc) is 2.37. The first-order chi connectivity index (χ1) is 9.88. The average molecular weight is 286 g/mol. The van der Waals surface area contributed by atoms with Crippen molar-refractivity contribution in [1.29, 1.82) is 0 Å². The van der Waals surface area contributed by atoms with Crippen molar-refractivity contribution in [3.63, 3.8) is 0 Å². The molecule has 0 saturated carbocycles. The van der Waals surface area contributed by atoms with E-state index < -0.39 is 5.97 Å². The summed E-state index contributed by atoms with van der Waals surface area (Å²) in [7, 11) is 0. The molecule has 0 fully saturated rings. The van der Waals surface area contributed by atoms with Gasteiger partial charge in [-0.2, -0.15) is 0 Å². The molecule has 0 aliphatic rings. The molecule has 0 amide bonds. The van der Waals surface area contributed by atoms with Crippen LogP contribution in [0.2, 0.25) is 0 Å². The highest BCUT2D eigenvalue weighted by Crippen LogP contribution is 2.36. The van der Waals surface area contributed by atoms with E-state index in [-0.39, 0.29) is 29.3 Å². The van der Waals surface area contributed by atoms with E-state index in [0.29, 0.717) is 16.7 Å². The molecular weight excluding hydrogens is 272 g/mol. The molecule has 2 aromatic carbocycles. The number of carbonyl (C=O) groups is 2. The summed E-state index contributed by atoms with van der Waals surface area (Å²) in [6.07, 6.45) is -0.346. The number of rotatable bonds is 4. The second-order valence-electron chi connectivity index (χ2n) is 4.71. The molecule has 5 nitrogen and oxygen atoms in total. The number of hydrogen-bond acceptors (Lipinski definition) is 4. The summed E-state index contributed by atoms with van der Waals surface area (Å²) in [5.41, 5.74) is 1.57. The molecule has 0 spiro atoms. The van der Waals surface area contributed by atoms with Crippen LogP contribution in [-0.4, -0.2) is 27.1 Å². The SMILES string of the molecule is CC(=O)c1cccc(-c2c(O)cc(O)cc2CC(=O)O)c1. The largest absolute Gasteiger partial charge is 0.508 e. The summed E-state index contributed by atoms with van der Waals surface area (Å²) in [6, 6.07) is 8.98. The Bertz CT molecular complexity index is 719. The number of phenols is 2. The highest BCUT2D eigenvalue weighted by Gasteiger charge is 2.15. The lowest BCUT2D eigenvalue weighted by Gasteiger charge is -2.12. The van der Waals surface area contributed by atoms with Gasteiger partial charge in [-0.15, -0.1) is 0 Å². The number of aliphatic carboxylic acids is 1. The lowest BCUT2D eigenvalue weighted by atomic mass is 9.94. The molecule has 21 heavy (non-hydrogen) atoms. The van der Waals surface area contributed by atoms with E-state index in [1.807, 2.05) is 0 Å². The third-order valence-electron chi connectivity index (χ3n) is 3.08. The van der Waals surface area contributed by atoms with Crippen LogP contribution in [0, 0.1) is 0 Å². The number of phenolic OH excluding ortho intramolecular Hbond substituents is 2.